The van der Waals surface area contributed by atoms with Gasteiger partial charge in [0.05, 0.1) is 15.4 Å². The average molecular weight is 411 g/mol. The summed E-state index contributed by atoms with van der Waals surface area (Å²) in [6, 6.07) is 6.60. The lowest BCUT2D eigenvalue weighted by molar-refractivity contribution is 0.500. The van der Waals surface area contributed by atoms with Crippen molar-refractivity contribution in [3.63, 3.8) is 0 Å². The summed E-state index contributed by atoms with van der Waals surface area (Å²) in [5.41, 5.74) is 1.18. The molecule has 1 aromatic heterocycles. The maximum atomic E-state index is 13.5. The van der Waals surface area contributed by atoms with Gasteiger partial charge in [0, 0.05) is 36.5 Å². The summed E-state index contributed by atoms with van der Waals surface area (Å²) in [4.78, 5) is -0.713. The molecule has 3 aromatic rings. The highest BCUT2D eigenvalue weighted by molar-refractivity contribution is 7.91. The van der Waals surface area contributed by atoms with Gasteiger partial charge >= 0.3 is 0 Å². The molecule has 0 saturated heterocycles. The second kappa shape index (κ2) is 6.93. The van der Waals surface area contributed by atoms with Gasteiger partial charge in [-0.25, -0.2) is 17.2 Å². The monoisotopic (exact) mass is 410 g/mol. The Kier molecular flexibility index (Phi) is 4.95. The van der Waals surface area contributed by atoms with Gasteiger partial charge in [-0.15, -0.1) is 12.4 Å². The molecule has 27 heavy (non-hydrogen) atoms. The zero-order chi connectivity index (χ0) is 18.5. The van der Waals surface area contributed by atoms with Crippen molar-refractivity contribution in [2.24, 2.45) is 0 Å². The number of hydrogen-bond acceptors (Lipinski definition) is 5. The molecule has 4 rings (SSSR count). The number of fused-ring (bicyclic) bond motifs is 3. The second-order valence-electron chi connectivity index (χ2n) is 6.00. The second-order valence-corrected chi connectivity index (χ2v) is 7.95. The molecule has 140 valence electrons. The van der Waals surface area contributed by atoms with Crippen molar-refractivity contribution >= 4 is 33.2 Å². The van der Waals surface area contributed by atoms with Gasteiger partial charge in [-0.3, -0.25) is 0 Å². The molecule has 0 spiro atoms. The minimum absolute atomic E-state index is 0. The predicted molar refractivity (Wildman–Crippen MR) is 95.4 cm³/mol. The Morgan fingerprint density at radius 1 is 1.07 bits per heavy atom. The van der Waals surface area contributed by atoms with Crippen molar-refractivity contribution in [1.29, 1.82) is 5.26 Å². The smallest absolute Gasteiger partial charge is 0.206 e. The summed E-state index contributed by atoms with van der Waals surface area (Å²) in [6.45, 7) is 1.22. The lowest BCUT2D eigenvalue weighted by atomic mass is 10.0. The molecular weight excluding hydrogens is 398 g/mol. The predicted octanol–water partition coefficient (Wildman–Crippen LogP) is 3.48. The highest BCUT2D eigenvalue weighted by Gasteiger charge is 2.25. The zero-order valence-electron chi connectivity index (χ0n) is 13.8. The Bertz CT molecular complexity index is 1180. The zero-order valence-corrected chi connectivity index (χ0v) is 15.4. The van der Waals surface area contributed by atoms with Gasteiger partial charge in [-0.1, -0.05) is 0 Å². The van der Waals surface area contributed by atoms with Crippen LogP contribution in [0.3, 0.4) is 0 Å². The first-order valence-corrected chi connectivity index (χ1v) is 9.29. The van der Waals surface area contributed by atoms with E-state index in [1.165, 1.54) is 12.1 Å². The quantitative estimate of drug-likeness (QED) is 0.699. The Morgan fingerprint density at radius 2 is 1.74 bits per heavy atom. The number of nitrogens with one attached hydrogen (secondary N) is 1. The summed E-state index contributed by atoms with van der Waals surface area (Å²) >= 11 is 0. The van der Waals surface area contributed by atoms with Gasteiger partial charge in [0.25, 0.3) is 0 Å². The van der Waals surface area contributed by atoms with Crippen molar-refractivity contribution in [3.8, 4) is 6.07 Å². The van der Waals surface area contributed by atoms with Gasteiger partial charge in [0.2, 0.25) is 9.84 Å². The molecule has 0 aliphatic carbocycles. The molecule has 2 heterocycles. The van der Waals surface area contributed by atoms with E-state index < -0.39 is 26.4 Å². The first-order valence-electron chi connectivity index (χ1n) is 7.80. The molecule has 0 atom stereocenters. The fourth-order valence-electron chi connectivity index (χ4n) is 3.14. The third-order valence-electron chi connectivity index (χ3n) is 4.36. The molecule has 1 aliphatic heterocycles. The average Bonchev–Trinajstić information content (AvgIpc) is 2.98. The number of hydrogen-bond donors (Lipinski definition) is 1. The van der Waals surface area contributed by atoms with Gasteiger partial charge in [-0.05, 0) is 24.3 Å². The number of rotatable bonds is 2. The number of benzene rings is 2. The number of halogens is 3. The molecule has 0 radical (unpaired) electrons. The van der Waals surface area contributed by atoms with Crippen LogP contribution in [0.2, 0.25) is 0 Å². The Morgan fingerprint density at radius 3 is 2.41 bits per heavy atom. The third kappa shape index (κ3) is 3.18. The first kappa shape index (κ1) is 19.3. The van der Waals surface area contributed by atoms with Crippen LogP contribution in [0.1, 0.15) is 16.9 Å². The van der Waals surface area contributed by atoms with E-state index in [0.717, 1.165) is 24.2 Å². The van der Waals surface area contributed by atoms with Crippen molar-refractivity contribution in [1.82, 2.24) is 5.32 Å². The van der Waals surface area contributed by atoms with Crippen LogP contribution in [0.25, 0.3) is 11.0 Å². The highest BCUT2D eigenvalue weighted by atomic mass is 35.5. The van der Waals surface area contributed by atoms with Crippen molar-refractivity contribution in [2.75, 3.05) is 6.54 Å². The lowest BCUT2D eigenvalue weighted by Gasteiger charge is -2.11. The molecule has 9 heteroatoms. The normalized spacial score (nSPS) is 13.7. The highest BCUT2D eigenvalue weighted by Crippen LogP contribution is 2.34. The van der Waals surface area contributed by atoms with Crippen molar-refractivity contribution in [2.45, 2.75) is 22.8 Å². The molecule has 0 bridgehead atoms. The summed E-state index contributed by atoms with van der Waals surface area (Å²) < 4.78 is 58.4. The Labute approximate surface area is 159 Å². The molecule has 5 nitrogen and oxygen atoms in total. The fraction of sp³-hybridized carbons (Fsp3) is 0.167. The standard InChI is InChI=1S/C18H12F2N2O3S.ClH/c19-11-4-12(20)6-14(5-11)26(23,24)13-3-10(8-21)18-15(7-13)16-9-22-2-1-17(16)25-18;/h3-7,22H,1-2,9H2;1H. The van der Waals surface area contributed by atoms with Crippen LogP contribution in [-0.4, -0.2) is 15.0 Å². The maximum Gasteiger partial charge on any atom is 0.206 e. The van der Waals surface area contributed by atoms with Crippen LogP contribution < -0.4 is 5.32 Å². The molecule has 1 aliphatic rings. The summed E-state index contributed by atoms with van der Waals surface area (Å²) in [6.07, 6.45) is 0.631. The lowest BCUT2D eigenvalue weighted by Crippen LogP contribution is -2.22. The summed E-state index contributed by atoms with van der Waals surface area (Å²) in [5, 5.41) is 13.1. The Hall–Kier alpha value is -2.47. The topological polar surface area (TPSA) is 83.1 Å². The third-order valence-corrected chi connectivity index (χ3v) is 6.07. The van der Waals surface area contributed by atoms with Crippen LogP contribution in [-0.2, 0) is 22.8 Å². The Balaban J connectivity index is 0.00000210. The molecule has 0 amide bonds. The van der Waals surface area contributed by atoms with Gasteiger partial charge in [-0.2, -0.15) is 5.26 Å². The summed E-state index contributed by atoms with van der Waals surface area (Å²) in [7, 11) is -4.21. The van der Waals surface area contributed by atoms with Crippen LogP contribution in [0.4, 0.5) is 8.78 Å². The number of furan rings is 1. The van der Waals surface area contributed by atoms with E-state index in [0.29, 0.717) is 35.8 Å². The van der Waals surface area contributed by atoms with Crippen LogP contribution in [0, 0.1) is 23.0 Å². The molecule has 1 N–H and O–H groups in total. The molecular formula is C18H13ClF2N2O3S. The van der Waals surface area contributed by atoms with Gasteiger partial charge in [0.1, 0.15) is 23.5 Å². The van der Waals surface area contributed by atoms with E-state index >= 15 is 0 Å². The van der Waals surface area contributed by atoms with Crippen molar-refractivity contribution in [3.05, 3.63) is 58.9 Å². The fourth-order valence-corrected chi connectivity index (χ4v) is 4.49. The molecule has 0 unspecified atom stereocenters. The largest absolute Gasteiger partial charge is 0.459 e. The number of sulfone groups is 1. The molecule has 2 aromatic carbocycles. The van der Waals surface area contributed by atoms with E-state index in [1.54, 1.807) is 0 Å². The van der Waals surface area contributed by atoms with Crippen LogP contribution in [0.5, 0.6) is 0 Å². The van der Waals surface area contributed by atoms with E-state index in [-0.39, 0.29) is 22.9 Å². The van der Waals surface area contributed by atoms with Crippen LogP contribution >= 0.6 is 12.4 Å². The van der Waals surface area contributed by atoms with Crippen molar-refractivity contribution < 1.29 is 21.6 Å². The SMILES string of the molecule is Cl.N#Cc1cc(S(=O)(=O)c2cc(F)cc(F)c2)cc2c3c(oc12)CCNC3. The van der Waals surface area contributed by atoms with Gasteiger partial charge < -0.3 is 9.73 Å². The maximum absolute atomic E-state index is 13.5. The summed E-state index contributed by atoms with van der Waals surface area (Å²) in [5.74, 6) is -1.27. The van der Waals surface area contributed by atoms with E-state index in [1.807, 2.05) is 6.07 Å². The van der Waals surface area contributed by atoms with E-state index in [2.05, 4.69) is 5.32 Å². The van der Waals surface area contributed by atoms with Crippen LogP contribution in [0.15, 0.2) is 44.5 Å². The molecule has 0 fully saturated rings. The number of nitrogens with zero attached hydrogens (tertiary/aromatic N) is 1. The number of nitriles is 1. The van der Waals surface area contributed by atoms with Gasteiger partial charge in [0.15, 0.2) is 5.58 Å². The minimum Gasteiger partial charge on any atom is -0.459 e. The molecule has 0 saturated carbocycles. The van der Waals surface area contributed by atoms with E-state index in [9.17, 15) is 22.5 Å². The minimum atomic E-state index is -4.21. The first-order chi connectivity index (χ1) is 12.4. The van der Waals surface area contributed by atoms with E-state index in [4.69, 9.17) is 4.42 Å².